The lowest BCUT2D eigenvalue weighted by Gasteiger charge is -2.15. The highest BCUT2D eigenvalue weighted by molar-refractivity contribution is 6.30. The molecule has 0 aromatic heterocycles. The van der Waals surface area contributed by atoms with Crippen LogP contribution in [0.4, 0.5) is 4.79 Å². The lowest BCUT2D eigenvalue weighted by atomic mass is 9.92. The molecule has 26 heavy (non-hydrogen) atoms. The van der Waals surface area contributed by atoms with Crippen molar-refractivity contribution in [1.82, 2.24) is 10.3 Å². The Morgan fingerprint density at radius 2 is 1.81 bits per heavy atom. The van der Waals surface area contributed by atoms with Gasteiger partial charge in [-0.15, -0.1) is 0 Å². The van der Waals surface area contributed by atoms with E-state index in [9.17, 15) is 4.79 Å². The molecule has 1 aromatic rings. The molecule has 1 atom stereocenters. The van der Waals surface area contributed by atoms with Gasteiger partial charge in [0, 0.05) is 17.5 Å². The number of hydrogen-bond acceptors (Lipinski definition) is 2. The van der Waals surface area contributed by atoms with Crippen LogP contribution in [0.5, 0.6) is 0 Å². The molecule has 4 nitrogen and oxygen atoms in total. The Bertz CT molecular complexity index is 585. The van der Waals surface area contributed by atoms with Crippen molar-refractivity contribution < 1.29 is 4.79 Å². The first-order chi connectivity index (χ1) is 12.7. The van der Waals surface area contributed by atoms with Crippen molar-refractivity contribution in [2.24, 2.45) is 11.0 Å². The van der Waals surface area contributed by atoms with Gasteiger partial charge in [0.2, 0.25) is 0 Å². The Morgan fingerprint density at radius 3 is 2.50 bits per heavy atom. The minimum Gasteiger partial charge on any atom is -0.336 e. The predicted molar refractivity (Wildman–Crippen MR) is 110 cm³/mol. The van der Waals surface area contributed by atoms with Gasteiger partial charge in [-0.1, -0.05) is 76.1 Å². The number of hydrogen-bond donors (Lipinski definition) is 1. The molecule has 1 unspecified atom stereocenters. The summed E-state index contributed by atoms with van der Waals surface area (Å²) < 4.78 is 0. The number of carbonyl (C=O) groups excluding carboxylic acids is 1. The maximum Gasteiger partial charge on any atom is 0.337 e. The Labute approximate surface area is 163 Å². The highest BCUT2D eigenvalue weighted by Crippen LogP contribution is 2.25. The van der Waals surface area contributed by atoms with Crippen LogP contribution in [0.15, 0.2) is 29.4 Å². The number of rotatable bonds is 10. The van der Waals surface area contributed by atoms with Crippen LogP contribution in [-0.2, 0) is 0 Å². The van der Waals surface area contributed by atoms with Gasteiger partial charge in [0.1, 0.15) is 0 Å². The normalized spacial score (nSPS) is 16.7. The van der Waals surface area contributed by atoms with Crippen LogP contribution >= 0.6 is 11.6 Å². The molecule has 2 amide bonds. The van der Waals surface area contributed by atoms with Crippen LogP contribution < -0.4 is 5.32 Å². The zero-order valence-electron chi connectivity index (χ0n) is 16.1. The number of nitrogens with zero attached hydrogens (tertiary/aromatic N) is 2. The van der Waals surface area contributed by atoms with Crippen molar-refractivity contribution in [3.63, 3.8) is 0 Å². The average Bonchev–Trinajstić information content (AvgIpc) is 3.06. The minimum atomic E-state index is -0.0848. The number of unbranched alkanes of at least 4 members (excludes halogenated alkanes) is 5. The summed E-state index contributed by atoms with van der Waals surface area (Å²) in [5.74, 6) is 0.301. The van der Waals surface area contributed by atoms with Gasteiger partial charge in [-0.3, -0.25) is 0 Å². The first-order valence-corrected chi connectivity index (χ1v) is 10.4. The van der Waals surface area contributed by atoms with E-state index in [1.807, 2.05) is 24.3 Å². The zero-order valence-corrected chi connectivity index (χ0v) is 16.9. The Kier molecular flexibility index (Phi) is 8.96. The first-order valence-electron chi connectivity index (χ1n) is 10.1. The van der Waals surface area contributed by atoms with Crippen molar-refractivity contribution >= 4 is 23.3 Å². The number of halogens is 1. The molecule has 0 saturated heterocycles. The van der Waals surface area contributed by atoms with Crippen molar-refractivity contribution in [2.75, 3.05) is 13.1 Å². The van der Waals surface area contributed by atoms with Crippen LogP contribution in [-0.4, -0.2) is 29.8 Å². The third-order valence-electron chi connectivity index (χ3n) is 4.85. The summed E-state index contributed by atoms with van der Waals surface area (Å²) in [6.07, 6.45) is 9.42. The van der Waals surface area contributed by atoms with Crippen LogP contribution in [0.25, 0.3) is 0 Å². The summed E-state index contributed by atoms with van der Waals surface area (Å²) in [4.78, 5) is 12.4. The summed E-state index contributed by atoms with van der Waals surface area (Å²) in [7, 11) is 0. The maximum absolute atomic E-state index is 12.4. The van der Waals surface area contributed by atoms with Gasteiger partial charge >= 0.3 is 6.03 Å². The van der Waals surface area contributed by atoms with E-state index < -0.39 is 0 Å². The first kappa shape index (κ1) is 20.8. The predicted octanol–water partition coefficient (Wildman–Crippen LogP) is 5.85. The molecule has 1 aromatic carbocycles. The van der Waals surface area contributed by atoms with Crippen molar-refractivity contribution in [3.05, 3.63) is 34.9 Å². The van der Waals surface area contributed by atoms with Gasteiger partial charge in [0.25, 0.3) is 0 Å². The lowest BCUT2D eigenvalue weighted by Crippen LogP contribution is -2.36. The Morgan fingerprint density at radius 1 is 1.12 bits per heavy atom. The molecule has 0 aliphatic carbocycles. The highest BCUT2D eigenvalue weighted by atomic mass is 35.5. The quantitative estimate of drug-likeness (QED) is 0.511. The molecule has 0 spiro atoms. The van der Waals surface area contributed by atoms with E-state index in [4.69, 9.17) is 11.6 Å². The topological polar surface area (TPSA) is 44.7 Å². The highest BCUT2D eigenvalue weighted by Gasteiger charge is 2.30. The number of benzene rings is 1. The van der Waals surface area contributed by atoms with Gasteiger partial charge in [0.05, 0.1) is 12.3 Å². The molecule has 1 N–H and O–H groups in total. The third-order valence-corrected chi connectivity index (χ3v) is 5.10. The van der Waals surface area contributed by atoms with Crippen molar-refractivity contribution in [2.45, 2.75) is 65.2 Å². The minimum absolute atomic E-state index is 0.0848. The Hall–Kier alpha value is -1.55. The van der Waals surface area contributed by atoms with Gasteiger partial charge in [-0.25, -0.2) is 9.80 Å². The van der Waals surface area contributed by atoms with E-state index in [0.29, 0.717) is 19.0 Å². The largest absolute Gasteiger partial charge is 0.337 e. The molecule has 0 bridgehead atoms. The number of urea groups is 1. The summed E-state index contributed by atoms with van der Waals surface area (Å²) in [6.45, 7) is 5.73. The molecule has 144 valence electrons. The molecule has 0 saturated carbocycles. The number of amides is 2. The zero-order chi connectivity index (χ0) is 18.8. The summed E-state index contributed by atoms with van der Waals surface area (Å²) >= 11 is 6.02. The van der Waals surface area contributed by atoms with Crippen molar-refractivity contribution in [3.8, 4) is 0 Å². The van der Waals surface area contributed by atoms with E-state index >= 15 is 0 Å². The van der Waals surface area contributed by atoms with E-state index in [1.54, 1.807) is 5.01 Å². The molecule has 5 heteroatoms. The van der Waals surface area contributed by atoms with Crippen LogP contribution in [0.2, 0.25) is 5.02 Å². The standard InChI is InChI=1S/C21H32ClN3O/c1-3-5-7-8-9-10-18-16-25(21(26)23-15-6-4-2)24-20(18)17-11-13-19(22)14-12-17/h11-14,18H,3-10,15-16H2,1-2H3,(H,23,26). The molecular weight excluding hydrogens is 346 g/mol. The molecule has 0 fully saturated rings. The fourth-order valence-electron chi connectivity index (χ4n) is 3.28. The molecule has 1 heterocycles. The van der Waals surface area contributed by atoms with Crippen molar-refractivity contribution in [1.29, 1.82) is 0 Å². The summed E-state index contributed by atoms with van der Waals surface area (Å²) in [6, 6.07) is 7.70. The van der Waals surface area contributed by atoms with Gasteiger partial charge < -0.3 is 5.32 Å². The van der Waals surface area contributed by atoms with Gasteiger partial charge in [-0.05, 0) is 30.5 Å². The van der Waals surface area contributed by atoms with E-state index in [-0.39, 0.29) is 6.03 Å². The van der Waals surface area contributed by atoms with Gasteiger partial charge in [-0.2, -0.15) is 5.10 Å². The SMILES string of the molecule is CCCCCCCC1CN(C(=O)NCCCC)N=C1c1ccc(Cl)cc1. The number of hydrazone groups is 1. The second-order valence-electron chi connectivity index (χ2n) is 7.06. The molecule has 1 aliphatic heterocycles. The molecule has 0 radical (unpaired) electrons. The van der Waals surface area contributed by atoms with E-state index in [2.05, 4.69) is 24.3 Å². The smallest absolute Gasteiger partial charge is 0.336 e. The summed E-state index contributed by atoms with van der Waals surface area (Å²) in [5.41, 5.74) is 2.08. The second-order valence-corrected chi connectivity index (χ2v) is 7.50. The maximum atomic E-state index is 12.4. The van der Waals surface area contributed by atoms with E-state index in [1.165, 1.54) is 32.1 Å². The molecule has 2 rings (SSSR count). The summed E-state index contributed by atoms with van der Waals surface area (Å²) in [5, 5.41) is 9.96. The number of carbonyl (C=O) groups is 1. The Balaban J connectivity index is 2.01. The van der Waals surface area contributed by atoms with Crippen LogP contribution in [0.3, 0.4) is 0 Å². The van der Waals surface area contributed by atoms with E-state index in [0.717, 1.165) is 35.6 Å². The van der Waals surface area contributed by atoms with Crippen LogP contribution in [0.1, 0.15) is 70.8 Å². The average molecular weight is 378 g/mol. The second kappa shape index (κ2) is 11.2. The van der Waals surface area contributed by atoms with Crippen LogP contribution in [0, 0.1) is 5.92 Å². The molecule has 1 aliphatic rings. The fourth-order valence-corrected chi connectivity index (χ4v) is 3.40. The number of nitrogens with one attached hydrogen (secondary N) is 1. The lowest BCUT2D eigenvalue weighted by molar-refractivity contribution is 0.201. The third kappa shape index (κ3) is 6.31. The van der Waals surface area contributed by atoms with Gasteiger partial charge in [0.15, 0.2) is 0 Å². The molecular formula is C21H32ClN3O. The fraction of sp³-hybridized carbons (Fsp3) is 0.619. The monoisotopic (exact) mass is 377 g/mol.